The van der Waals surface area contributed by atoms with Gasteiger partial charge in [-0.2, -0.15) is 0 Å². The quantitative estimate of drug-likeness (QED) is 0.577. The number of carbonyl (C=O) groups excluding carboxylic acids is 4. The van der Waals surface area contributed by atoms with Crippen molar-refractivity contribution in [3.05, 3.63) is 60.2 Å². The van der Waals surface area contributed by atoms with Gasteiger partial charge in [-0.15, -0.1) is 0 Å². The van der Waals surface area contributed by atoms with Crippen molar-refractivity contribution in [3.63, 3.8) is 0 Å². The van der Waals surface area contributed by atoms with Crippen LogP contribution in [-0.4, -0.2) is 42.4 Å². The molecule has 2 aromatic rings. The summed E-state index contributed by atoms with van der Waals surface area (Å²) in [6.07, 6.45) is -2.28. The molecule has 3 amide bonds. The molecule has 0 unspecified atom stereocenters. The summed E-state index contributed by atoms with van der Waals surface area (Å²) in [6, 6.07) is 15.1. The minimum absolute atomic E-state index is 0.0374. The van der Waals surface area contributed by atoms with E-state index < -0.39 is 30.0 Å². The molecule has 2 N–H and O–H groups in total. The van der Waals surface area contributed by atoms with E-state index in [1.54, 1.807) is 54.6 Å². The number of amides is 3. The standard InChI is InChI=1S/C21H21N3O6/c1-13(19(26)22-23-20(27)15-8-4-3-5-9-15)29-21(28)18-12-24(14(2)25)16-10-6-7-11-17(16)30-18/h3-11,13,18H,12H2,1-2H3,(H,22,26)(H,23,27)/t13-,18-/m1/s1. The van der Waals surface area contributed by atoms with Crippen LogP contribution in [0.15, 0.2) is 54.6 Å². The van der Waals surface area contributed by atoms with Crippen molar-refractivity contribution in [2.45, 2.75) is 26.1 Å². The summed E-state index contributed by atoms with van der Waals surface area (Å²) >= 11 is 0. The molecule has 2 aromatic carbocycles. The van der Waals surface area contributed by atoms with Gasteiger partial charge in [0.1, 0.15) is 5.75 Å². The van der Waals surface area contributed by atoms with E-state index in [2.05, 4.69) is 10.9 Å². The molecule has 30 heavy (non-hydrogen) atoms. The fourth-order valence-corrected chi connectivity index (χ4v) is 2.84. The number of anilines is 1. The van der Waals surface area contributed by atoms with Crippen molar-refractivity contribution in [2.75, 3.05) is 11.4 Å². The lowest BCUT2D eigenvalue weighted by Crippen LogP contribution is -2.50. The molecule has 1 aliphatic heterocycles. The molecule has 9 nitrogen and oxygen atoms in total. The Balaban J connectivity index is 1.57. The molecule has 0 spiro atoms. The Morgan fingerprint density at radius 1 is 1.03 bits per heavy atom. The summed E-state index contributed by atoms with van der Waals surface area (Å²) in [7, 11) is 0. The van der Waals surface area contributed by atoms with Crippen molar-refractivity contribution >= 4 is 29.4 Å². The van der Waals surface area contributed by atoms with Gasteiger partial charge in [0.05, 0.1) is 12.2 Å². The van der Waals surface area contributed by atoms with Crippen LogP contribution in [0.2, 0.25) is 0 Å². The average molecular weight is 411 g/mol. The number of benzene rings is 2. The number of para-hydroxylation sites is 2. The molecule has 1 aliphatic rings. The van der Waals surface area contributed by atoms with Crippen molar-refractivity contribution in [3.8, 4) is 5.75 Å². The van der Waals surface area contributed by atoms with E-state index in [0.717, 1.165) is 0 Å². The lowest BCUT2D eigenvalue weighted by molar-refractivity contribution is -0.161. The van der Waals surface area contributed by atoms with E-state index in [4.69, 9.17) is 9.47 Å². The topological polar surface area (TPSA) is 114 Å². The highest BCUT2D eigenvalue weighted by molar-refractivity contribution is 5.97. The number of nitrogens with one attached hydrogen (secondary N) is 2. The summed E-state index contributed by atoms with van der Waals surface area (Å²) in [4.78, 5) is 50.0. The van der Waals surface area contributed by atoms with E-state index in [1.807, 2.05) is 0 Å². The van der Waals surface area contributed by atoms with E-state index in [0.29, 0.717) is 17.0 Å². The van der Waals surface area contributed by atoms with Gasteiger partial charge >= 0.3 is 5.97 Å². The number of hydrogen-bond donors (Lipinski definition) is 2. The van der Waals surface area contributed by atoms with Crippen LogP contribution in [-0.2, 0) is 19.1 Å². The van der Waals surface area contributed by atoms with E-state index in [-0.39, 0.29) is 12.5 Å². The van der Waals surface area contributed by atoms with Crippen LogP contribution >= 0.6 is 0 Å². The molecular weight excluding hydrogens is 390 g/mol. The fourth-order valence-electron chi connectivity index (χ4n) is 2.84. The van der Waals surface area contributed by atoms with Crippen LogP contribution in [0.5, 0.6) is 5.75 Å². The predicted molar refractivity (Wildman–Crippen MR) is 106 cm³/mol. The number of rotatable bonds is 4. The lowest BCUT2D eigenvalue weighted by atomic mass is 10.2. The average Bonchev–Trinajstić information content (AvgIpc) is 2.76. The SMILES string of the molecule is CC(=O)N1C[C@H](C(=O)O[C@H](C)C(=O)NNC(=O)c2ccccc2)Oc2ccccc21. The molecule has 0 saturated heterocycles. The molecule has 0 radical (unpaired) electrons. The number of hydrogen-bond acceptors (Lipinski definition) is 6. The molecule has 9 heteroatoms. The number of hydrazine groups is 1. The second kappa shape index (κ2) is 9.08. The number of ether oxygens (including phenoxy) is 2. The zero-order valence-electron chi connectivity index (χ0n) is 16.5. The monoisotopic (exact) mass is 411 g/mol. The Morgan fingerprint density at radius 2 is 1.70 bits per heavy atom. The van der Waals surface area contributed by atoms with Crippen LogP contribution in [0, 0.1) is 0 Å². The number of fused-ring (bicyclic) bond motifs is 1. The van der Waals surface area contributed by atoms with Crippen molar-refractivity contribution in [1.82, 2.24) is 10.9 Å². The first kappa shape index (κ1) is 20.8. The van der Waals surface area contributed by atoms with Gasteiger partial charge in [-0.05, 0) is 31.2 Å². The summed E-state index contributed by atoms with van der Waals surface area (Å²) in [5.41, 5.74) is 5.38. The van der Waals surface area contributed by atoms with Gasteiger partial charge in [0.15, 0.2) is 6.10 Å². The van der Waals surface area contributed by atoms with E-state index in [9.17, 15) is 19.2 Å². The maximum absolute atomic E-state index is 12.5. The van der Waals surface area contributed by atoms with Gasteiger partial charge in [-0.25, -0.2) is 4.79 Å². The summed E-state index contributed by atoms with van der Waals surface area (Å²) in [6.45, 7) is 2.71. The summed E-state index contributed by atoms with van der Waals surface area (Å²) in [5.74, 6) is -1.90. The molecule has 2 atom stereocenters. The van der Waals surface area contributed by atoms with Gasteiger partial charge in [-0.3, -0.25) is 25.2 Å². The summed E-state index contributed by atoms with van der Waals surface area (Å²) < 4.78 is 10.8. The highest BCUT2D eigenvalue weighted by Gasteiger charge is 2.35. The zero-order chi connectivity index (χ0) is 21.7. The van der Waals surface area contributed by atoms with Gasteiger partial charge < -0.3 is 14.4 Å². The smallest absolute Gasteiger partial charge is 0.350 e. The Bertz CT molecular complexity index is 962. The van der Waals surface area contributed by atoms with Gasteiger partial charge in [0.25, 0.3) is 11.8 Å². The molecule has 1 heterocycles. The number of esters is 1. The molecule has 156 valence electrons. The van der Waals surface area contributed by atoms with Crippen LogP contribution < -0.4 is 20.5 Å². The highest BCUT2D eigenvalue weighted by Crippen LogP contribution is 2.33. The van der Waals surface area contributed by atoms with Crippen LogP contribution in [0.25, 0.3) is 0 Å². The minimum atomic E-state index is -1.19. The normalized spacial score (nSPS) is 15.8. The molecule has 0 aromatic heterocycles. The second-order valence-corrected chi connectivity index (χ2v) is 6.59. The van der Waals surface area contributed by atoms with Crippen LogP contribution in [0.4, 0.5) is 5.69 Å². The maximum atomic E-state index is 12.5. The lowest BCUT2D eigenvalue weighted by Gasteiger charge is -2.33. The van der Waals surface area contributed by atoms with Crippen LogP contribution in [0.1, 0.15) is 24.2 Å². The Hall–Kier alpha value is -3.88. The van der Waals surface area contributed by atoms with Crippen LogP contribution in [0.3, 0.4) is 0 Å². The largest absolute Gasteiger partial charge is 0.475 e. The predicted octanol–water partition coefficient (Wildman–Crippen LogP) is 1.19. The van der Waals surface area contributed by atoms with Gasteiger partial charge in [-0.1, -0.05) is 30.3 Å². The Kier molecular flexibility index (Phi) is 6.31. The van der Waals surface area contributed by atoms with E-state index >= 15 is 0 Å². The van der Waals surface area contributed by atoms with Crippen molar-refractivity contribution in [1.29, 1.82) is 0 Å². The van der Waals surface area contributed by atoms with Crippen molar-refractivity contribution < 1.29 is 28.7 Å². The molecule has 0 saturated carbocycles. The van der Waals surface area contributed by atoms with Gasteiger partial charge in [0, 0.05) is 12.5 Å². The first-order chi connectivity index (χ1) is 14.4. The number of nitrogens with zero attached hydrogens (tertiary/aromatic N) is 1. The first-order valence-corrected chi connectivity index (χ1v) is 9.26. The van der Waals surface area contributed by atoms with Gasteiger partial charge in [0.2, 0.25) is 12.0 Å². The molecule has 0 bridgehead atoms. The first-order valence-electron chi connectivity index (χ1n) is 9.26. The minimum Gasteiger partial charge on any atom is -0.475 e. The Morgan fingerprint density at radius 3 is 2.40 bits per heavy atom. The second-order valence-electron chi connectivity index (χ2n) is 6.59. The third-order valence-corrected chi connectivity index (χ3v) is 4.41. The third kappa shape index (κ3) is 4.75. The zero-order valence-corrected chi connectivity index (χ0v) is 16.5. The molecule has 0 aliphatic carbocycles. The summed E-state index contributed by atoms with van der Waals surface area (Å²) in [5, 5.41) is 0. The van der Waals surface area contributed by atoms with Crippen molar-refractivity contribution in [2.24, 2.45) is 0 Å². The molecule has 0 fully saturated rings. The molecular formula is C21H21N3O6. The van der Waals surface area contributed by atoms with E-state index in [1.165, 1.54) is 18.7 Å². The fraction of sp³-hybridized carbons (Fsp3) is 0.238. The Labute approximate surface area is 172 Å². The maximum Gasteiger partial charge on any atom is 0.350 e. The molecule has 3 rings (SSSR count). The third-order valence-electron chi connectivity index (χ3n) is 4.41. The highest BCUT2D eigenvalue weighted by atomic mass is 16.6. The number of carbonyl (C=O) groups is 4.